The summed E-state index contributed by atoms with van der Waals surface area (Å²) in [6.07, 6.45) is 0. The van der Waals surface area contributed by atoms with Crippen LogP contribution in [-0.4, -0.2) is 50.3 Å². The lowest BCUT2D eigenvalue weighted by Crippen LogP contribution is -2.44. The molecule has 8 heteroatoms. The Morgan fingerprint density at radius 1 is 0.655 bits per heavy atom. The van der Waals surface area contributed by atoms with Crippen molar-refractivity contribution >= 4 is 23.9 Å². The zero-order chi connectivity index (χ0) is 21.7. The minimum absolute atomic E-state index is 0.0524. The van der Waals surface area contributed by atoms with E-state index < -0.39 is 40.6 Å². The van der Waals surface area contributed by atoms with Crippen molar-refractivity contribution < 1.29 is 38.1 Å². The Bertz CT molecular complexity index is 688. The number of rotatable bonds is 9. The van der Waals surface area contributed by atoms with Gasteiger partial charge in [0, 0.05) is 5.92 Å². The fraction of sp³-hybridized carbons (Fsp3) is 0.524. The van der Waals surface area contributed by atoms with Crippen molar-refractivity contribution in [3.05, 3.63) is 35.9 Å². The monoisotopic (exact) mass is 406 g/mol. The smallest absolute Gasteiger partial charge is 0.326 e. The summed E-state index contributed by atoms with van der Waals surface area (Å²) in [5.74, 6) is -5.25. The summed E-state index contributed by atoms with van der Waals surface area (Å²) in [6.45, 7) is 6.04. The molecule has 8 nitrogen and oxygen atoms in total. The molecule has 1 saturated carbocycles. The highest BCUT2D eigenvalue weighted by molar-refractivity contribution is 6.23. The molecule has 0 amide bonds. The Morgan fingerprint density at radius 2 is 0.966 bits per heavy atom. The van der Waals surface area contributed by atoms with Gasteiger partial charge in [0.25, 0.3) is 0 Å². The highest BCUT2D eigenvalue weighted by atomic mass is 16.6. The van der Waals surface area contributed by atoms with Gasteiger partial charge in [-0.1, -0.05) is 30.3 Å². The van der Waals surface area contributed by atoms with Crippen LogP contribution in [0.4, 0.5) is 0 Å². The van der Waals surface area contributed by atoms with Crippen LogP contribution in [-0.2, 0) is 38.1 Å². The summed E-state index contributed by atoms with van der Waals surface area (Å²) in [5, 5.41) is 0. The second kappa shape index (κ2) is 9.07. The standard InChI is InChI=1S/C21H26O8/c1-5-26-16(22)20(17(23)27-6-2)15(14-12-10-9-11-13-14)21(20,18(24)28-7-3)19(25)29-8-4/h9-13,15H,5-8H2,1-4H3. The van der Waals surface area contributed by atoms with Crippen LogP contribution in [0.2, 0.25) is 0 Å². The first kappa shape index (κ1) is 22.4. The van der Waals surface area contributed by atoms with Crippen molar-refractivity contribution in [1.29, 1.82) is 0 Å². The Kier molecular flexibility index (Phi) is 7.00. The van der Waals surface area contributed by atoms with Gasteiger partial charge in [0.2, 0.25) is 10.8 Å². The van der Waals surface area contributed by atoms with Gasteiger partial charge in [-0.25, -0.2) is 0 Å². The largest absolute Gasteiger partial charge is 0.465 e. The minimum Gasteiger partial charge on any atom is -0.465 e. The molecule has 0 aliphatic heterocycles. The van der Waals surface area contributed by atoms with Gasteiger partial charge in [-0.2, -0.15) is 0 Å². The van der Waals surface area contributed by atoms with Crippen LogP contribution in [0.1, 0.15) is 39.2 Å². The van der Waals surface area contributed by atoms with Crippen molar-refractivity contribution in [3.8, 4) is 0 Å². The first-order valence-electron chi connectivity index (χ1n) is 9.64. The van der Waals surface area contributed by atoms with Crippen molar-refractivity contribution in [2.75, 3.05) is 26.4 Å². The Hall–Kier alpha value is -2.90. The molecule has 2 rings (SSSR count). The van der Waals surface area contributed by atoms with Crippen LogP contribution in [0.5, 0.6) is 0 Å². The third kappa shape index (κ3) is 3.26. The summed E-state index contributed by atoms with van der Waals surface area (Å²) < 4.78 is 20.6. The molecule has 0 radical (unpaired) electrons. The van der Waals surface area contributed by atoms with Crippen LogP contribution >= 0.6 is 0 Å². The molecule has 1 aromatic rings. The maximum Gasteiger partial charge on any atom is 0.326 e. The van der Waals surface area contributed by atoms with E-state index in [0.29, 0.717) is 5.56 Å². The molecule has 29 heavy (non-hydrogen) atoms. The maximum absolute atomic E-state index is 13.1. The molecule has 0 unspecified atom stereocenters. The number of carbonyl (C=O) groups is 4. The third-order valence-corrected chi connectivity index (χ3v) is 4.93. The minimum atomic E-state index is -2.22. The highest BCUT2D eigenvalue weighted by Crippen LogP contribution is 2.76. The van der Waals surface area contributed by atoms with Gasteiger partial charge in [0.05, 0.1) is 26.4 Å². The molecule has 1 fully saturated rings. The number of carbonyl (C=O) groups excluding carboxylic acids is 4. The fourth-order valence-electron chi connectivity index (χ4n) is 3.88. The average Bonchev–Trinajstić information content (AvgIpc) is 3.36. The van der Waals surface area contributed by atoms with Gasteiger partial charge in [-0.3, -0.25) is 19.2 Å². The molecule has 0 heterocycles. The quantitative estimate of drug-likeness (QED) is 0.348. The molecule has 1 aliphatic rings. The van der Waals surface area contributed by atoms with E-state index in [1.807, 2.05) is 0 Å². The van der Waals surface area contributed by atoms with Crippen molar-refractivity contribution in [2.24, 2.45) is 10.8 Å². The van der Waals surface area contributed by atoms with Gasteiger partial charge in [-0.05, 0) is 33.3 Å². The zero-order valence-corrected chi connectivity index (χ0v) is 17.1. The van der Waals surface area contributed by atoms with Crippen LogP contribution in [0, 0.1) is 10.8 Å². The zero-order valence-electron chi connectivity index (χ0n) is 17.1. The van der Waals surface area contributed by atoms with Crippen LogP contribution < -0.4 is 0 Å². The van der Waals surface area contributed by atoms with Crippen LogP contribution in [0.3, 0.4) is 0 Å². The average molecular weight is 406 g/mol. The maximum atomic E-state index is 13.1. The van der Waals surface area contributed by atoms with Gasteiger partial charge < -0.3 is 18.9 Å². The molecular weight excluding hydrogens is 380 g/mol. The molecule has 1 aromatic carbocycles. The summed E-state index contributed by atoms with van der Waals surface area (Å²) in [5.41, 5.74) is -4.02. The van der Waals surface area contributed by atoms with E-state index in [1.54, 1.807) is 58.0 Å². The van der Waals surface area contributed by atoms with E-state index in [0.717, 1.165) is 0 Å². The third-order valence-electron chi connectivity index (χ3n) is 4.93. The number of hydrogen-bond donors (Lipinski definition) is 0. The van der Waals surface area contributed by atoms with Gasteiger partial charge in [-0.15, -0.1) is 0 Å². The number of benzene rings is 1. The molecule has 0 bridgehead atoms. The second-order valence-corrected chi connectivity index (χ2v) is 6.34. The van der Waals surface area contributed by atoms with Crippen molar-refractivity contribution in [3.63, 3.8) is 0 Å². The first-order chi connectivity index (χ1) is 13.9. The summed E-state index contributed by atoms with van der Waals surface area (Å²) in [4.78, 5) is 52.5. The van der Waals surface area contributed by atoms with E-state index in [9.17, 15) is 19.2 Å². The SMILES string of the molecule is CCOC(=O)C1(C(=O)OCC)C(c2ccccc2)C1(C(=O)OCC)C(=O)OCC. The van der Waals surface area contributed by atoms with E-state index in [4.69, 9.17) is 18.9 Å². The number of esters is 4. The van der Waals surface area contributed by atoms with Gasteiger partial charge in [0.15, 0.2) is 0 Å². The predicted octanol–water partition coefficient (Wildman–Crippen LogP) is 2.01. The lowest BCUT2D eigenvalue weighted by atomic mass is 9.92. The fourth-order valence-corrected chi connectivity index (χ4v) is 3.88. The van der Waals surface area contributed by atoms with Crippen LogP contribution in [0.25, 0.3) is 0 Å². The molecule has 0 saturated heterocycles. The normalized spacial score (nSPS) is 16.4. The topological polar surface area (TPSA) is 105 Å². The summed E-state index contributed by atoms with van der Waals surface area (Å²) in [7, 11) is 0. The highest BCUT2D eigenvalue weighted by Gasteiger charge is 2.95. The van der Waals surface area contributed by atoms with Crippen molar-refractivity contribution in [1.82, 2.24) is 0 Å². The van der Waals surface area contributed by atoms with E-state index in [-0.39, 0.29) is 26.4 Å². The van der Waals surface area contributed by atoms with Crippen LogP contribution in [0.15, 0.2) is 30.3 Å². The molecule has 0 atom stereocenters. The molecule has 0 N–H and O–H groups in total. The summed E-state index contributed by atoms with van der Waals surface area (Å²) in [6, 6.07) is 8.33. The van der Waals surface area contributed by atoms with E-state index >= 15 is 0 Å². The lowest BCUT2D eigenvalue weighted by molar-refractivity contribution is -0.179. The predicted molar refractivity (Wildman–Crippen MR) is 101 cm³/mol. The lowest BCUT2D eigenvalue weighted by Gasteiger charge is -2.20. The number of hydrogen-bond acceptors (Lipinski definition) is 8. The molecule has 0 aromatic heterocycles. The molecule has 0 spiro atoms. The molecular formula is C21H26O8. The first-order valence-corrected chi connectivity index (χ1v) is 9.64. The molecule has 1 aliphatic carbocycles. The van der Waals surface area contributed by atoms with Gasteiger partial charge >= 0.3 is 23.9 Å². The summed E-state index contributed by atoms with van der Waals surface area (Å²) >= 11 is 0. The Labute approximate surface area is 169 Å². The van der Waals surface area contributed by atoms with Gasteiger partial charge in [0.1, 0.15) is 0 Å². The van der Waals surface area contributed by atoms with E-state index in [2.05, 4.69) is 0 Å². The second-order valence-electron chi connectivity index (χ2n) is 6.34. The number of ether oxygens (including phenoxy) is 4. The van der Waals surface area contributed by atoms with E-state index in [1.165, 1.54) is 0 Å². The van der Waals surface area contributed by atoms with Crippen molar-refractivity contribution in [2.45, 2.75) is 33.6 Å². The molecule has 158 valence electrons. The Morgan fingerprint density at radius 3 is 1.24 bits per heavy atom. The Balaban J connectivity index is 2.82.